The van der Waals surface area contributed by atoms with Gasteiger partial charge in [-0.15, -0.1) is 0 Å². The fraction of sp³-hybridized carbons (Fsp3) is 0.250. The van der Waals surface area contributed by atoms with E-state index in [1.807, 2.05) is 30.3 Å². The van der Waals surface area contributed by atoms with Crippen LogP contribution in [0.25, 0.3) is 0 Å². The van der Waals surface area contributed by atoms with E-state index in [2.05, 4.69) is 15.3 Å². The third kappa shape index (κ3) is 4.88. The van der Waals surface area contributed by atoms with Crippen LogP contribution in [0.15, 0.2) is 36.5 Å². The first-order valence-electron chi connectivity index (χ1n) is 7.39. The summed E-state index contributed by atoms with van der Waals surface area (Å²) in [4.78, 5) is 30.9. The number of carboxylic acid groups (broad SMARTS) is 1. The van der Waals surface area contributed by atoms with Gasteiger partial charge < -0.3 is 26.0 Å². The summed E-state index contributed by atoms with van der Waals surface area (Å²) >= 11 is 0. The van der Waals surface area contributed by atoms with E-state index in [0.717, 1.165) is 11.8 Å². The van der Waals surface area contributed by atoms with Crippen molar-refractivity contribution in [1.29, 1.82) is 0 Å². The highest BCUT2D eigenvalue weighted by atomic mass is 16.5. The Labute approximate surface area is 143 Å². The molecule has 0 spiro atoms. The number of rotatable bonds is 7. The standard InChI is InChI=1S/C16H18N4O5/c1-9(21)12(15(23)24)19-14(22)11-7-18-16(20-13(11)17)25-8-10-5-3-2-4-6-10/h2-7,9,12,21H,8H2,1H3,(H,19,22)(H,23,24)(H2,17,18,20)/t9-,12+/m1/s1. The summed E-state index contributed by atoms with van der Waals surface area (Å²) in [5.41, 5.74) is 6.52. The average Bonchev–Trinajstić information content (AvgIpc) is 2.58. The Morgan fingerprint density at radius 1 is 1.32 bits per heavy atom. The quantitative estimate of drug-likeness (QED) is 0.556. The third-order valence-corrected chi connectivity index (χ3v) is 3.29. The number of hydrogen-bond donors (Lipinski definition) is 4. The van der Waals surface area contributed by atoms with Gasteiger partial charge in [-0.1, -0.05) is 30.3 Å². The second-order valence-electron chi connectivity index (χ2n) is 5.26. The van der Waals surface area contributed by atoms with Gasteiger partial charge in [-0.05, 0) is 12.5 Å². The second-order valence-corrected chi connectivity index (χ2v) is 5.26. The zero-order valence-electron chi connectivity index (χ0n) is 13.4. The molecule has 5 N–H and O–H groups in total. The maximum absolute atomic E-state index is 12.1. The van der Waals surface area contributed by atoms with Crippen molar-refractivity contribution in [2.24, 2.45) is 0 Å². The molecule has 0 bridgehead atoms. The van der Waals surface area contributed by atoms with E-state index in [1.165, 1.54) is 6.92 Å². The number of aliphatic hydroxyl groups is 1. The summed E-state index contributed by atoms with van der Waals surface area (Å²) in [6.07, 6.45) is -0.143. The van der Waals surface area contributed by atoms with Crippen molar-refractivity contribution in [3.05, 3.63) is 47.7 Å². The maximum Gasteiger partial charge on any atom is 0.328 e. The Morgan fingerprint density at radius 2 is 2.00 bits per heavy atom. The van der Waals surface area contributed by atoms with Crippen LogP contribution < -0.4 is 15.8 Å². The molecule has 9 heteroatoms. The molecule has 0 aliphatic heterocycles. The van der Waals surface area contributed by atoms with Crippen molar-refractivity contribution in [2.75, 3.05) is 5.73 Å². The van der Waals surface area contributed by atoms with Crippen molar-refractivity contribution >= 4 is 17.7 Å². The van der Waals surface area contributed by atoms with Crippen LogP contribution in [0, 0.1) is 0 Å². The lowest BCUT2D eigenvalue weighted by molar-refractivity contribution is -0.141. The first-order valence-corrected chi connectivity index (χ1v) is 7.39. The Balaban J connectivity index is 2.05. The summed E-state index contributed by atoms with van der Waals surface area (Å²) < 4.78 is 5.40. The number of carbonyl (C=O) groups is 2. The van der Waals surface area contributed by atoms with Gasteiger partial charge in [0.15, 0.2) is 6.04 Å². The van der Waals surface area contributed by atoms with Crippen LogP contribution in [-0.2, 0) is 11.4 Å². The summed E-state index contributed by atoms with van der Waals surface area (Å²) in [5, 5.41) is 20.5. The molecule has 0 saturated carbocycles. The van der Waals surface area contributed by atoms with E-state index >= 15 is 0 Å². The fourth-order valence-corrected chi connectivity index (χ4v) is 1.95. The fourth-order valence-electron chi connectivity index (χ4n) is 1.95. The van der Waals surface area contributed by atoms with E-state index in [0.29, 0.717) is 0 Å². The van der Waals surface area contributed by atoms with Crippen LogP contribution >= 0.6 is 0 Å². The molecule has 25 heavy (non-hydrogen) atoms. The summed E-state index contributed by atoms with van der Waals surface area (Å²) in [7, 11) is 0. The topological polar surface area (TPSA) is 148 Å². The molecule has 9 nitrogen and oxygen atoms in total. The monoisotopic (exact) mass is 346 g/mol. The number of aliphatic carboxylic acids is 1. The lowest BCUT2D eigenvalue weighted by Gasteiger charge is -2.17. The number of carbonyl (C=O) groups excluding carboxylic acids is 1. The van der Waals surface area contributed by atoms with Gasteiger partial charge in [0.1, 0.15) is 18.0 Å². The number of aromatic nitrogens is 2. The minimum absolute atomic E-state index is 0.0109. The highest BCUT2D eigenvalue weighted by Crippen LogP contribution is 2.13. The molecule has 0 unspecified atom stereocenters. The molecule has 0 aliphatic rings. The van der Waals surface area contributed by atoms with Gasteiger partial charge in [0, 0.05) is 6.20 Å². The number of nitrogens with zero attached hydrogens (tertiary/aromatic N) is 2. The number of nitrogens with one attached hydrogen (secondary N) is 1. The SMILES string of the molecule is C[C@@H](O)[C@H](NC(=O)c1cnc(OCc2ccccc2)nc1N)C(=O)O. The third-order valence-electron chi connectivity index (χ3n) is 3.29. The predicted octanol–water partition coefficient (Wildman–Crippen LogP) is 0.202. The largest absolute Gasteiger partial charge is 0.480 e. The van der Waals surface area contributed by atoms with Crippen LogP contribution in [0.3, 0.4) is 0 Å². The van der Waals surface area contributed by atoms with E-state index in [-0.39, 0.29) is 24.0 Å². The van der Waals surface area contributed by atoms with Crippen molar-refractivity contribution in [2.45, 2.75) is 25.7 Å². The molecule has 1 aromatic carbocycles. The van der Waals surface area contributed by atoms with Crippen LogP contribution in [0.2, 0.25) is 0 Å². The number of hydrogen-bond acceptors (Lipinski definition) is 7. The van der Waals surface area contributed by atoms with Crippen molar-refractivity contribution < 1.29 is 24.5 Å². The first-order chi connectivity index (χ1) is 11.9. The van der Waals surface area contributed by atoms with Crippen LogP contribution in [0.1, 0.15) is 22.8 Å². The minimum atomic E-state index is -1.47. The van der Waals surface area contributed by atoms with Crippen LogP contribution in [0.4, 0.5) is 5.82 Å². The van der Waals surface area contributed by atoms with Crippen LogP contribution in [0.5, 0.6) is 6.01 Å². The van der Waals surface area contributed by atoms with Gasteiger partial charge in [-0.2, -0.15) is 4.98 Å². The molecule has 2 aromatic rings. The molecule has 0 fully saturated rings. The summed E-state index contributed by atoms with van der Waals surface area (Å²) in [6, 6.07) is 7.86. The number of nitrogens with two attached hydrogens (primary N) is 1. The Bertz CT molecular complexity index is 751. The molecule has 1 amide bonds. The molecule has 0 aliphatic carbocycles. The Hall–Kier alpha value is -3.20. The van der Waals surface area contributed by atoms with Crippen molar-refractivity contribution in [3.63, 3.8) is 0 Å². The van der Waals surface area contributed by atoms with E-state index in [9.17, 15) is 14.7 Å². The Kier molecular flexibility index (Phi) is 5.85. The second kappa shape index (κ2) is 8.06. The molecule has 1 heterocycles. The normalized spacial score (nSPS) is 12.9. The van der Waals surface area contributed by atoms with Gasteiger partial charge in [0.05, 0.1) is 6.10 Å². The molecule has 0 saturated heterocycles. The number of benzene rings is 1. The number of anilines is 1. The molecular weight excluding hydrogens is 328 g/mol. The first kappa shape index (κ1) is 18.1. The molecule has 2 rings (SSSR count). The van der Waals surface area contributed by atoms with Gasteiger partial charge in [0.25, 0.3) is 5.91 Å². The molecule has 0 radical (unpaired) electrons. The number of aliphatic hydroxyl groups excluding tert-OH is 1. The lowest BCUT2D eigenvalue weighted by Crippen LogP contribution is -2.47. The summed E-state index contributed by atoms with van der Waals surface area (Å²) in [6.45, 7) is 1.48. The molecule has 2 atom stereocenters. The van der Waals surface area contributed by atoms with Crippen molar-refractivity contribution in [1.82, 2.24) is 15.3 Å². The van der Waals surface area contributed by atoms with E-state index in [1.54, 1.807) is 0 Å². The zero-order chi connectivity index (χ0) is 18.4. The van der Waals surface area contributed by atoms with Gasteiger partial charge in [-0.3, -0.25) is 4.79 Å². The maximum atomic E-state index is 12.1. The van der Waals surface area contributed by atoms with E-state index < -0.39 is 24.0 Å². The van der Waals surface area contributed by atoms with Gasteiger partial charge >= 0.3 is 12.0 Å². The lowest BCUT2D eigenvalue weighted by atomic mass is 10.1. The minimum Gasteiger partial charge on any atom is -0.480 e. The molecule has 132 valence electrons. The summed E-state index contributed by atoms with van der Waals surface area (Å²) in [5.74, 6) is -2.34. The number of nitrogen functional groups attached to an aromatic ring is 1. The number of carboxylic acids is 1. The smallest absolute Gasteiger partial charge is 0.328 e. The van der Waals surface area contributed by atoms with Gasteiger partial charge in [0.2, 0.25) is 0 Å². The van der Waals surface area contributed by atoms with Crippen LogP contribution in [-0.4, -0.2) is 44.2 Å². The van der Waals surface area contributed by atoms with Gasteiger partial charge in [-0.25, -0.2) is 9.78 Å². The number of ether oxygens (including phenoxy) is 1. The predicted molar refractivity (Wildman–Crippen MR) is 87.8 cm³/mol. The number of amides is 1. The zero-order valence-corrected chi connectivity index (χ0v) is 13.4. The molecular formula is C16H18N4O5. The molecule has 1 aromatic heterocycles. The van der Waals surface area contributed by atoms with E-state index in [4.69, 9.17) is 15.6 Å². The Morgan fingerprint density at radius 3 is 2.56 bits per heavy atom. The van der Waals surface area contributed by atoms with Crippen molar-refractivity contribution in [3.8, 4) is 6.01 Å². The average molecular weight is 346 g/mol. The highest BCUT2D eigenvalue weighted by Gasteiger charge is 2.26. The highest BCUT2D eigenvalue weighted by molar-refractivity contribution is 5.99.